The van der Waals surface area contributed by atoms with E-state index in [1.165, 1.54) is 0 Å². The first-order valence-electron chi connectivity index (χ1n) is 10.4. The number of rotatable bonds is 4. The Labute approximate surface area is 209 Å². The number of nitrogens with zero attached hydrogens (tertiary/aromatic N) is 4. The van der Waals surface area contributed by atoms with Gasteiger partial charge in [-0.05, 0) is 71.8 Å². The summed E-state index contributed by atoms with van der Waals surface area (Å²) in [6, 6.07) is 17.5. The second kappa shape index (κ2) is 11.1. The number of hydrogen-bond acceptors (Lipinski definition) is 6. The average Bonchev–Trinajstić information content (AvgIpc) is 2.82. The molecular weight excluding hydrogens is 471 g/mol. The highest BCUT2D eigenvalue weighted by atomic mass is 35.5. The maximum atomic E-state index is 9.83. The highest BCUT2D eigenvalue weighted by Gasteiger charge is 2.08. The van der Waals surface area contributed by atoms with E-state index in [0.717, 1.165) is 22.8 Å². The third kappa shape index (κ3) is 6.31. The Morgan fingerprint density at radius 1 is 0.588 bits per heavy atom. The molecule has 0 aliphatic heterocycles. The number of benzene rings is 2. The van der Waals surface area contributed by atoms with Crippen LogP contribution in [-0.4, -0.2) is 48.4 Å². The minimum atomic E-state index is 0.213. The number of aromatic hydroxyl groups is 2. The van der Waals surface area contributed by atoms with Gasteiger partial charge in [0.15, 0.2) is 0 Å². The normalized spacial score (nSPS) is 10.3. The molecule has 176 valence electrons. The standard InChI is InChI=1S/2C13H13ClN2O/c2*1-16(2)13-7-9(5-6-15-13)11-8-10(14)3-4-12(11)17/h2*3-8,17H,1-2H3. The highest BCUT2D eigenvalue weighted by molar-refractivity contribution is 6.31. The number of phenolic OH excluding ortho intramolecular Hbond substituents is 2. The van der Waals surface area contributed by atoms with Crippen molar-refractivity contribution < 1.29 is 10.2 Å². The molecule has 6 nitrogen and oxygen atoms in total. The molecule has 2 aromatic carbocycles. The molecule has 0 saturated carbocycles. The quantitative estimate of drug-likeness (QED) is 0.343. The number of aromatic nitrogens is 2. The van der Waals surface area contributed by atoms with Crippen molar-refractivity contribution in [3.63, 3.8) is 0 Å². The largest absolute Gasteiger partial charge is 0.507 e. The van der Waals surface area contributed by atoms with Gasteiger partial charge < -0.3 is 20.0 Å². The van der Waals surface area contributed by atoms with Crippen molar-refractivity contribution in [2.45, 2.75) is 0 Å². The zero-order valence-electron chi connectivity index (χ0n) is 19.4. The molecule has 0 fully saturated rings. The van der Waals surface area contributed by atoms with Crippen molar-refractivity contribution in [1.29, 1.82) is 0 Å². The lowest BCUT2D eigenvalue weighted by Gasteiger charge is -2.12. The second-order valence-corrected chi connectivity index (χ2v) is 8.79. The van der Waals surface area contributed by atoms with Gasteiger partial charge in [-0.3, -0.25) is 0 Å². The summed E-state index contributed by atoms with van der Waals surface area (Å²) >= 11 is 11.9. The molecule has 4 aromatic rings. The molecule has 8 heteroatoms. The van der Waals surface area contributed by atoms with Crippen LogP contribution in [0.15, 0.2) is 73.1 Å². The molecule has 0 unspecified atom stereocenters. The van der Waals surface area contributed by atoms with Crippen LogP contribution in [0.4, 0.5) is 11.6 Å². The fourth-order valence-corrected chi connectivity index (χ4v) is 3.48. The molecule has 0 radical (unpaired) electrons. The van der Waals surface area contributed by atoms with Crippen LogP contribution >= 0.6 is 23.2 Å². The summed E-state index contributed by atoms with van der Waals surface area (Å²) in [4.78, 5) is 12.3. The van der Waals surface area contributed by atoms with Crippen molar-refractivity contribution in [3.8, 4) is 33.8 Å². The Kier molecular flexibility index (Phi) is 8.21. The molecule has 4 rings (SSSR count). The van der Waals surface area contributed by atoms with Gasteiger partial charge in [-0.25, -0.2) is 9.97 Å². The van der Waals surface area contributed by atoms with Gasteiger partial charge in [0.25, 0.3) is 0 Å². The van der Waals surface area contributed by atoms with E-state index in [1.54, 1.807) is 48.8 Å². The van der Waals surface area contributed by atoms with Crippen molar-refractivity contribution in [1.82, 2.24) is 9.97 Å². The minimum Gasteiger partial charge on any atom is -0.507 e. The maximum absolute atomic E-state index is 9.83. The summed E-state index contributed by atoms with van der Waals surface area (Å²) in [5.74, 6) is 2.10. The van der Waals surface area contributed by atoms with Crippen LogP contribution < -0.4 is 9.80 Å². The SMILES string of the molecule is CN(C)c1cc(-c2cc(Cl)ccc2O)ccn1.CN(C)c1cc(-c2cc(Cl)ccc2O)ccn1. The zero-order chi connectivity index (χ0) is 24.8. The lowest BCUT2D eigenvalue weighted by atomic mass is 10.1. The van der Waals surface area contributed by atoms with Crippen LogP contribution in [0.1, 0.15) is 0 Å². The molecule has 2 aromatic heterocycles. The van der Waals surface area contributed by atoms with E-state index in [9.17, 15) is 10.2 Å². The first-order chi connectivity index (χ1) is 16.2. The van der Waals surface area contributed by atoms with E-state index in [0.29, 0.717) is 21.2 Å². The monoisotopic (exact) mass is 496 g/mol. The summed E-state index contributed by atoms with van der Waals surface area (Å²) in [6.07, 6.45) is 3.43. The van der Waals surface area contributed by atoms with Gasteiger partial charge in [0.2, 0.25) is 0 Å². The number of halogens is 2. The van der Waals surface area contributed by atoms with Gasteiger partial charge >= 0.3 is 0 Å². The Morgan fingerprint density at radius 2 is 0.971 bits per heavy atom. The molecule has 0 aliphatic rings. The van der Waals surface area contributed by atoms with Crippen LogP contribution in [0.5, 0.6) is 11.5 Å². The third-order valence-electron chi connectivity index (χ3n) is 4.95. The number of phenols is 2. The molecule has 0 aliphatic carbocycles. The van der Waals surface area contributed by atoms with Gasteiger partial charge in [-0.1, -0.05) is 23.2 Å². The van der Waals surface area contributed by atoms with E-state index >= 15 is 0 Å². The van der Waals surface area contributed by atoms with Gasteiger partial charge in [-0.15, -0.1) is 0 Å². The van der Waals surface area contributed by atoms with Gasteiger partial charge in [0.05, 0.1) is 0 Å². The molecule has 0 bridgehead atoms. The summed E-state index contributed by atoms with van der Waals surface area (Å²) < 4.78 is 0. The first kappa shape index (κ1) is 25.1. The second-order valence-electron chi connectivity index (χ2n) is 7.92. The third-order valence-corrected chi connectivity index (χ3v) is 5.42. The zero-order valence-corrected chi connectivity index (χ0v) is 20.9. The lowest BCUT2D eigenvalue weighted by molar-refractivity contribution is 0.477. The fourth-order valence-electron chi connectivity index (χ4n) is 3.14. The van der Waals surface area contributed by atoms with Crippen LogP contribution in [0.3, 0.4) is 0 Å². The molecule has 2 heterocycles. The molecular formula is C26H26Cl2N4O2. The molecule has 0 spiro atoms. The van der Waals surface area contributed by atoms with Crippen LogP contribution in [-0.2, 0) is 0 Å². The Bertz CT molecular complexity index is 1180. The van der Waals surface area contributed by atoms with E-state index in [4.69, 9.17) is 23.2 Å². The Morgan fingerprint density at radius 3 is 1.32 bits per heavy atom. The summed E-state index contributed by atoms with van der Waals surface area (Å²) in [5.41, 5.74) is 3.21. The summed E-state index contributed by atoms with van der Waals surface area (Å²) in [5, 5.41) is 20.8. The van der Waals surface area contributed by atoms with E-state index in [1.807, 2.05) is 62.3 Å². The predicted molar refractivity (Wildman–Crippen MR) is 141 cm³/mol. The average molecular weight is 497 g/mol. The van der Waals surface area contributed by atoms with E-state index in [2.05, 4.69) is 9.97 Å². The highest BCUT2D eigenvalue weighted by Crippen LogP contribution is 2.33. The van der Waals surface area contributed by atoms with Crippen molar-refractivity contribution >= 4 is 34.8 Å². The van der Waals surface area contributed by atoms with Crippen molar-refractivity contribution in [2.75, 3.05) is 38.0 Å². The van der Waals surface area contributed by atoms with E-state index in [-0.39, 0.29) is 11.5 Å². The van der Waals surface area contributed by atoms with Gasteiger partial charge in [0.1, 0.15) is 23.1 Å². The summed E-state index contributed by atoms with van der Waals surface area (Å²) in [6.45, 7) is 0. The smallest absolute Gasteiger partial charge is 0.128 e. The lowest BCUT2D eigenvalue weighted by Crippen LogP contribution is -2.10. The van der Waals surface area contributed by atoms with Crippen molar-refractivity contribution in [2.24, 2.45) is 0 Å². The van der Waals surface area contributed by atoms with E-state index < -0.39 is 0 Å². The number of hydrogen-bond donors (Lipinski definition) is 2. The van der Waals surface area contributed by atoms with Crippen molar-refractivity contribution in [3.05, 3.63) is 83.1 Å². The first-order valence-corrected chi connectivity index (χ1v) is 11.2. The predicted octanol–water partition coefficient (Wildman–Crippen LogP) is 6.35. The van der Waals surface area contributed by atoms with Crippen LogP contribution in [0.2, 0.25) is 10.0 Å². The Hall–Kier alpha value is -3.48. The number of anilines is 2. The topological polar surface area (TPSA) is 72.7 Å². The van der Waals surface area contributed by atoms with Crippen LogP contribution in [0.25, 0.3) is 22.3 Å². The molecule has 2 N–H and O–H groups in total. The molecule has 0 saturated heterocycles. The summed E-state index contributed by atoms with van der Waals surface area (Å²) in [7, 11) is 7.68. The fraction of sp³-hybridized carbons (Fsp3) is 0.154. The molecule has 0 amide bonds. The minimum absolute atomic E-state index is 0.213. The maximum Gasteiger partial charge on any atom is 0.128 e. The Balaban J connectivity index is 0.000000191. The van der Waals surface area contributed by atoms with Crippen LogP contribution in [0, 0.1) is 0 Å². The number of pyridine rings is 2. The van der Waals surface area contributed by atoms with Gasteiger partial charge in [0, 0.05) is 61.8 Å². The molecule has 0 atom stereocenters. The van der Waals surface area contributed by atoms with Gasteiger partial charge in [-0.2, -0.15) is 0 Å². The molecule has 34 heavy (non-hydrogen) atoms.